The van der Waals surface area contributed by atoms with Crippen molar-refractivity contribution in [3.8, 4) is 11.1 Å². The Labute approximate surface area is 145 Å². The molecule has 1 fully saturated rings. The standard InChI is InChI=1S/C19H20N4O2/c1-25-19(24)14-5-2-4-13(10-14)16-12-22-23-17(7-9-21-18(16)23)15-6-3-8-20-11-15/h2,4-5,7,9-10,12,15,20H,3,6,8,11H2,1H3. The van der Waals surface area contributed by atoms with Gasteiger partial charge in [-0.05, 0) is 43.1 Å². The normalized spacial score (nSPS) is 17.6. The summed E-state index contributed by atoms with van der Waals surface area (Å²) in [6.07, 6.45) is 5.98. The maximum Gasteiger partial charge on any atom is 0.337 e. The van der Waals surface area contributed by atoms with Crippen molar-refractivity contribution in [2.75, 3.05) is 20.2 Å². The van der Waals surface area contributed by atoms with Gasteiger partial charge in [0.05, 0.1) is 24.6 Å². The third-order valence-corrected chi connectivity index (χ3v) is 4.74. The van der Waals surface area contributed by atoms with Gasteiger partial charge in [0.2, 0.25) is 0 Å². The van der Waals surface area contributed by atoms with Crippen molar-refractivity contribution >= 4 is 11.6 Å². The molecule has 0 aliphatic carbocycles. The number of carbonyl (C=O) groups is 1. The molecule has 1 saturated heterocycles. The second-order valence-electron chi connectivity index (χ2n) is 6.28. The van der Waals surface area contributed by atoms with Crippen LogP contribution in [-0.2, 0) is 4.74 Å². The van der Waals surface area contributed by atoms with Crippen LogP contribution in [0.5, 0.6) is 0 Å². The maximum atomic E-state index is 11.8. The van der Waals surface area contributed by atoms with E-state index in [9.17, 15) is 4.79 Å². The van der Waals surface area contributed by atoms with Crippen LogP contribution in [0, 0.1) is 0 Å². The highest BCUT2D eigenvalue weighted by atomic mass is 16.5. The molecular formula is C19H20N4O2. The molecule has 1 unspecified atom stereocenters. The van der Waals surface area contributed by atoms with E-state index in [2.05, 4.69) is 15.4 Å². The van der Waals surface area contributed by atoms with E-state index in [0.717, 1.165) is 36.3 Å². The van der Waals surface area contributed by atoms with E-state index in [-0.39, 0.29) is 5.97 Å². The van der Waals surface area contributed by atoms with E-state index in [4.69, 9.17) is 4.74 Å². The van der Waals surface area contributed by atoms with Crippen LogP contribution in [0.3, 0.4) is 0 Å². The molecule has 4 rings (SSSR count). The average molecular weight is 336 g/mol. The largest absolute Gasteiger partial charge is 0.465 e. The molecule has 128 valence electrons. The highest BCUT2D eigenvalue weighted by molar-refractivity contribution is 5.91. The summed E-state index contributed by atoms with van der Waals surface area (Å²) in [6.45, 7) is 2.04. The summed E-state index contributed by atoms with van der Waals surface area (Å²) in [5.74, 6) is 0.0913. The smallest absolute Gasteiger partial charge is 0.337 e. The first-order chi connectivity index (χ1) is 12.3. The van der Waals surface area contributed by atoms with Crippen LogP contribution in [0.15, 0.2) is 42.7 Å². The van der Waals surface area contributed by atoms with Gasteiger partial charge in [-0.25, -0.2) is 14.3 Å². The highest BCUT2D eigenvalue weighted by Gasteiger charge is 2.20. The summed E-state index contributed by atoms with van der Waals surface area (Å²) in [6, 6.07) is 9.42. The van der Waals surface area contributed by atoms with E-state index < -0.39 is 0 Å². The Balaban J connectivity index is 1.78. The van der Waals surface area contributed by atoms with E-state index >= 15 is 0 Å². The molecule has 1 aliphatic heterocycles. The topological polar surface area (TPSA) is 68.5 Å². The molecular weight excluding hydrogens is 316 g/mol. The van der Waals surface area contributed by atoms with Crippen LogP contribution in [0.25, 0.3) is 16.8 Å². The second-order valence-corrected chi connectivity index (χ2v) is 6.28. The molecule has 1 aliphatic rings. The van der Waals surface area contributed by atoms with Gasteiger partial charge in [-0.3, -0.25) is 0 Å². The zero-order chi connectivity index (χ0) is 17.2. The molecule has 6 heteroatoms. The number of hydrogen-bond donors (Lipinski definition) is 1. The summed E-state index contributed by atoms with van der Waals surface area (Å²) < 4.78 is 6.74. The molecule has 0 amide bonds. The van der Waals surface area contributed by atoms with Gasteiger partial charge in [0.15, 0.2) is 5.65 Å². The second kappa shape index (κ2) is 6.64. The van der Waals surface area contributed by atoms with E-state index in [0.29, 0.717) is 11.5 Å². The number of piperidine rings is 1. The van der Waals surface area contributed by atoms with Gasteiger partial charge in [0.25, 0.3) is 0 Å². The number of nitrogens with zero attached hydrogens (tertiary/aromatic N) is 3. The molecule has 1 N–H and O–H groups in total. The van der Waals surface area contributed by atoms with Crippen molar-refractivity contribution in [1.82, 2.24) is 19.9 Å². The van der Waals surface area contributed by atoms with Crippen molar-refractivity contribution in [2.45, 2.75) is 18.8 Å². The summed E-state index contributed by atoms with van der Waals surface area (Å²) in [5, 5.41) is 8.03. The Bertz CT molecular complexity index is 913. The number of benzene rings is 1. The van der Waals surface area contributed by atoms with Gasteiger partial charge < -0.3 is 10.1 Å². The fourth-order valence-electron chi connectivity index (χ4n) is 3.46. The summed E-state index contributed by atoms with van der Waals surface area (Å²) >= 11 is 0. The number of fused-ring (bicyclic) bond motifs is 1. The molecule has 2 aromatic heterocycles. The van der Waals surface area contributed by atoms with Crippen molar-refractivity contribution in [3.63, 3.8) is 0 Å². The van der Waals surface area contributed by atoms with Crippen LogP contribution in [0.1, 0.15) is 34.8 Å². The predicted molar refractivity (Wildman–Crippen MR) is 94.6 cm³/mol. The van der Waals surface area contributed by atoms with Crippen LogP contribution in [0.4, 0.5) is 0 Å². The van der Waals surface area contributed by atoms with Gasteiger partial charge in [-0.15, -0.1) is 0 Å². The van der Waals surface area contributed by atoms with Crippen LogP contribution < -0.4 is 5.32 Å². The fraction of sp³-hybridized carbons (Fsp3) is 0.316. The Kier molecular flexibility index (Phi) is 4.19. The lowest BCUT2D eigenvalue weighted by Gasteiger charge is -2.23. The fourth-order valence-corrected chi connectivity index (χ4v) is 3.46. The first-order valence-electron chi connectivity index (χ1n) is 8.50. The summed E-state index contributed by atoms with van der Waals surface area (Å²) in [5.41, 5.74) is 4.32. The molecule has 0 spiro atoms. The minimum Gasteiger partial charge on any atom is -0.465 e. The molecule has 0 saturated carbocycles. The number of nitrogens with one attached hydrogen (secondary N) is 1. The number of rotatable bonds is 3. The zero-order valence-corrected chi connectivity index (χ0v) is 14.1. The first-order valence-corrected chi connectivity index (χ1v) is 8.50. The quantitative estimate of drug-likeness (QED) is 0.745. The zero-order valence-electron chi connectivity index (χ0n) is 14.1. The number of ether oxygens (including phenoxy) is 1. The minimum absolute atomic E-state index is 0.347. The van der Waals surface area contributed by atoms with Crippen molar-refractivity contribution < 1.29 is 9.53 Å². The van der Waals surface area contributed by atoms with Crippen LogP contribution >= 0.6 is 0 Å². The van der Waals surface area contributed by atoms with Gasteiger partial charge >= 0.3 is 5.97 Å². The molecule has 0 radical (unpaired) electrons. The number of methoxy groups -OCH3 is 1. The summed E-state index contributed by atoms with van der Waals surface area (Å²) in [7, 11) is 1.39. The molecule has 3 aromatic rings. The molecule has 6 nitrogen and oxygen atoms in total. The van der Waals surface area contributed by atoms with Gasteiger partial charge in [0, 0.05) is 24.2 Å². The summed E-state index contributed by atoms with van der Waals surface area (Å²) in [4.78, 5) is 16.3. The average Bonchev–Trinajstić information content (AvgIpc) is 3.12. The van der Waals surface area contributed by atoms with Crippen LogP contribution in [-0.4, -0.2) is 40.8 Å². The van der Waals surface area contributed by atoms with E-state index in [1.165, 1.54) is 19.2 Å². The van der Waals surface area contributed by atoms with E-state index in [1.54, 1.807) is 6.07 Å². The Morgan fingerprint density at radius 2 is 2.28 bits per heavy atom. The van der Waals surface area contributed by atoms with Gasteiger partial charge in [-0.2, -0.15) is 5.10 Å². The Morgan fingerprint density at radius 3 is 3.08 bits per heavy atom. The molecule has 1 atom stereocenters. The Hall–Kier alpha value is -2.73. The van der Waals surface area contributed by atoms with Gasteiger partial charge in [-0.1, -0.05) is 12.1 Å². The third-order valence-electron chi connectivity index (χ3n) is 4.74. The maximum absolute atomic E-state index is 11.8. The minimum atomic E-state index is -0.347. The highest BCUT2D eigenvalue weighted by Crippen LogP contribution is 2.28. The number of aromatic nitrogens is 3. The van der Waals surface area contributed by atoms with Crippen molar-refractivity contribution in [2.24, 2.45) is 0 Å². The van der Waals surface area contributed by atoms with Gasteiger partial charge in [0.1, 0.15) is 0 Å². The molecule has 25 heavy (non-hydrogen) atoms. The molecule has 1 aromatic carbocycles. The number of carbonyl (C=O) groups excluding carboxylic acids is 1. The predicted octanol–water partition coefficient (Wildman–Crippen LogP) is 2.65. The number of hydrogen-bond acceptors (Lipinski definition) is 5. The molecule has 0 bridgehead atoms. The van der Waals surface area contributed by atoms with Crippen LogP contribution in [0.2, 0.25) is 0 Å². The third kappa shape index (κ3) is 2.89. The number of esters is 1. The lowest BCUT2D eigenvalue weighted by Crippen LogP contribution is -2.29. The molecule has 3 heterocycles. The lowest BCUT2D eigenvalue weighted by molar-refractivity contribution is 0.0601. The first kappa shape index (κ1) is 15.8. The monoisotopic (exact) mass is 336 g/mol. The lowest BCUT2D eigenvalue weighted by atomic mass is 9.96. The SMILES string of the molecule is COC(=O)c1cccc(-c2cnn3c(C4CCCNC4)ccnc23)c1. The van der Waals surface area contributed by atoms with Crippen molar-refractivity contribution in [3.05, 3.63) is 54.0 Å². The van der Waals surface area contributed by atoms with Crippen molar-refractivity contribution in [1.29, 1.82) is 0 Å². The van der Waals surface area contributed by atoms with E-state index in [1.807, 2.05) is 41.2 Å². The Morgan fingerprint density at radius 1 is 1.36 bits per heavy atom.